The van der Waals surface area contributed by atoms with E-state index in [1.807, 2.05) is 0 Å². The molecule has 0 spiro atoms. The van der Waals surface area contributed by atoms with E-state index in [-0.39, 0.29) is 18.9 Å². The summed E-state index contributed by atoms with van der Waals surface area (Å²) >= 11 is 6.54. The fourth-order valence-corrected chi connectivity index (χ4v) is 3.58. The van der Waals surface area contributed by atoms with Gasteiger partial charge in [-0.15, -0.1) is 0 Å². The van der Waals surface area contributed by atoms with E-state index in [9.17, 15) is 18.0 Å². The molecule has 0 bridgehead atoms. The maximum absolute atomic E-state index is 12.8. The zero-order valence-corrected chi connectivity index (χ0v) is 13.6. The van der Waals surface area contributed by atoms with Crippen molar-refractivity contribution in [1.82, 2.24) is 4.90 Å². The van der Waals surface area contributed by atoms with Crippen molar-refractivity contribution in [3.63, 3.8) is 0 Å². The molecular formula is C13H12Br2F3NO. The third-order valence-corrected chi connectivity index (χ3v) is 4.20. The van der Waals surface area contributed by atoms with Gasteiger partial charge in [-0.1, -0.05) is 31.9 Å². The van der Waals surface area contributed by atoms with E-state index in [1.54, 1.807) is 18.2 Å². The first-order valence-electron chi connectivity index (χ1n) is 6.09. The van der Waals surface area contributed by atoms with Gasteiger partial charge in [0.05, 0.1) is 5.92 Å². The standard InChI is InChI=1S/C13H12Br2F3NO/c14-10-4-8(5-11(15)6-10)12(20)19-3-1-2-9(7-19)13(16,17)18/h4-6,9H,1-3,7H2. The van der Waals surface area contributed by atoms with Crippen LogP contribution in [0.5, 0.6) is 0 Å². The van der Waals surface area contributed by atoms with E-state index >= 15 is 0 Å². The van der Waals surface area contributed by atoms with Gasteiger partial charge in [0.15, 0.2) is 0 Å². The van der Waals surface area contributed by atoms with E-state index in [0.717, 1.165) is 0 Å². The van der Waals surface area contributed by atoms with E-state index < -0.39 is 12.1 Å². The molecule has 20 heavy (non-hydrogen) atoms. The van der Waals surface area contributed by atoms with Crippen LogP contribution >= 0.6 is 31.9 Å². The minimum Gasteiger partial charge on any atom is -0.338 e. The van der Waals surface area contributed by atoms with Gasteiger partial charge in [-0.25, -0.2) is 0 Å². The molecule has 2 nitrogen and oxygen atoms in total. The smallest absolute Gasteiger partial charge is 0.338 e. The second-order valence-electron chi connectivity index (χ2n) is 4.79. The predicted octanol–water partition coefficient (Wildman–Crippen LogP) is 4.63. The molecule has 1 aromatic rings. The number of nitrogens with zero attached hydrogens (tertiary/aromatic N) is 1. The van der Waals surface area contributed by atoms with E-state index in [0.29, 0.717) is 27.5 Å². The van der Waals surface area contributed by atoms with Crippen molar-refractivity contribution in [2.75, 3.05) is 13.1 Å². The number of rotatable bonds is 1. The minimum absolute atomic E-state index is 0.0927. The number of likely N-dealkylation sites (tertiary alicyclic amines) is 1. The van der Waals surface area contributed by atoms with Gasteiger partial charge in [0, 0.05) is 27.6 Å². The summed E-state index contributed by atoms with van der Waals surface area (Å²) in [5, 5.41) is 0. The molecule has 0 saturated carbocycles. The zero-order valence-electron chi connectivity index (χ0n) is 10.4. The number of hydrogen-bond donors (Lipinski definition) is 0. The molecule has 0 aliphatic carbocycles. The minimum atomic E-state index is -4.24. The zero-order chi connectivity index (χ0) is 14.9. The number of amides is 1. The number of carbonyl (C=O) groups is 1. The van der Waals surface area contributed by atoms with Crippen LogP contribution in [-0.4, -0.2) is 30.1 Å². The van der Waals surface area contributed by atoms with Gasteiger partial charge in [-0.05, 0) is 31.0 Å². The fourth-order valence-electron chi connectivity index (χ4n) is 2.29. The van der Waals surface area contributed by atoms with Crippen LogP contribution in [0, 0.1) is 5.92 Å². The van der Waals surface area contributed by atoms with Crippen molar-refractivity contribution >= 4 is 37.8 Å². The normalized spacial score (nSPS) is 20.1. The Labute approximate surface area is 131 Å². The molecule has 2 rings (SSSR count). The highest BCUT2D eigenvalue weighted by Crippen LogP contribution is 2.33. The number of piperidine rings is 1. The first-order valence-corrected chi connectivity index (χ1v) is 7.68. The second kappa shape index (κ2) is 6.05. The Morgan fingerprint density at radius 1 is 1.20 bits per heavy atom. The highest BCUT2D eigenvalue weighted by Gasteiger charge is 2.42. The maximum Gasteiger partial charge on any atom is 0.393 e. The summed E-state index contributed by atoms with van der Waals surface area (Å²) in [6.45, 7) is 0.113. The van der Waals surface area contributed by atoms with Crippen LogP contribution in [0.4, 0.5) is 13.2 Å². The number of hydrogen-bond acceptors (Lipinski definition) is 1. The van der Waals surface area contributed by atoms with Crippen molar-refractivity contribution in [2.45, 2.75) is 19.0 Å². The van der Waals surface area contributed by atoms with E-state index in [4.69, 9.17) is 0 Å². The van der Waals surface area contributed by atoms with Crippen molar-refractivity contribution in [3.8, 4) is 0 Å². The lowest BCUT2D eigenvalue weighted by Crippen LogP contribution is -2.44. The van der Waals surface area contributed by atoms with Crippen LogP contribution < -0.4 is 0 Å². The quantitative estimate of drug-likeness (QED) is 0.656. The summed E-state index contributed by atoms with van der Waals surface area (Å²) in [4.78, 5) is 13.6. The Bertz CT molecular complexity index is 499. The Morgan fingerprint density at radius 2 is 1.80 bits per heavy atom. The molecule has 1 heterocycles. The average Bonchev–Trinajstić information content (AvgIpc) is 2.36. The van der Waals surface area contributed by atoms with E-state index in [2.05, 4.69) is 31.9 Å². The second-order valence-corrected chi connectivity index (χ2v) is 6.62. The molecule has 1 unspecified atom stereocenters. The summed E-state index contributed by atoms with van der Waals surface area (Å²) in [6, 6.07) is 5.00. The monoisotopic (exact) mass is 413 g/mol. The largest absolute Gasteiger partial charge is 0.393 e. The highest BCUT2D eigenvalue weighted by atomic mass is 79.9. The molecule has 7 heteroatoms. The van der Waals surface area contributed by atoms with Gasteiger partial charge in [0.2, 0.25) is 0 Å². The molecule has 0 aromatic heterocycles. The molecule has 110 valence electrons. The lowest BCUT2D eigenvalue weighted by Gasteiger charge is -2.33. The maximum atomic E-state index is 12.8. The third kappa shape index (κ3) is 3.75. The van der Waals surface area contributed by atoms with Crippen LogP contribution in [0.15, 0.2) is 27.1 Å². The fraction of sp³-hybridized carbons (Fsp3) is 0.462. The topological polar surface area (TPSA) is 20.3 Å². The van der Waals surface area contributed by atoms with Crippen molar-refractivity contribution < 1.29 is 18.0 Å². The summed E-state index contributed by atoms with van der Waals surface area (Å²) in [7, 11) is 0. The summed E-state index contributed by atoms with van der Waals surface area (Å²) in [6.07, 6.45) is -3.77. The molecule has 1 aliphatic rings. The van der Waals surface area contributed by atoms with Crippen molar-refractivity contribution in [3.05, 3.63) is 32.7 Å². The number of benzene rings is 1. The van der Waals surface area contributed by atoms with Gasteiger partial charge in [0.25, 0.3) is 5.91 Å². The number of carbonyl (C=O) groups excluding carboxylic acids is 1. The van der Waals surface area contributed by atoms with Gasteiger partial charge < -0.3 is 4.90 Å². The van der Waals surface area contributed by atoms with Crippen LogP contribution in [0.25, 0.3) is 0 Å². The first kappa shape index (κ1) is 15.8. The molecule has 1 aliphatic heterocycles. The van der Waals surface area contributed by atoms with Crippen LogP contribution in [-0.2, 0) is 0 Å². The lowest BCUT2D eigenvalue weighted by molar-refractivity contribution is -0.184. The van der Waals surface area contributed by atoms with Gasteiger partial charge in [0.1, 0.15) is 0 Å². The number of halogens is 5. The molecule has 1 amide bonds. The summed E-state index contributed by atoms with van der Waals surface area (Å²) < 4.78 is 39.7. The molecule has 1 saturated heterocycles. The number of alkyl halides is 3. The molecule has 1 fully saturated rings. The van der Waals surface area contributed by atoms with Crippen molar-refractivity contribution in [1.29, 1.82) is 0 Å². The molecule has 1 atom stereocenters. The molecular weight excluding hydrogens is 403 g/mol. The predicted molar refractivity (Wildman–Crippen MR) is 76.5 cm³/mol. The highest BCUT2D eigenvalue weighted by molar-refractivity contribution is 9.11. The van der Waals surface area contributed by atoms with Crippen molar-refractivity contribution in [2.24, 2.45) is 5.92 Å². The van der Waals surface area contributed by atoms with Gasteiger partial charge in [-0.2, -0.15) is 13.2 Å². The Morgan fingerprint density at radius 3 is 2.35 bits per heavy atom. The van der Waals surface area contributed by atoms with Gasteiger partial charge >= 0.3 is 6.18 Å². The Balaban J connectivity index is 2.16. The Hall–Kier alpha value is -0.560. The average molecular weight is 415 g/mol. The Kier molecular flexibility index (Phi) is 4.79. The SMILES string of the molecule is O=C(c1cc(Br)cc(Br)c1)N1CCCC(C(F)(F)F)C1. The molecule has 0 radical (unpaired) electrons. The summed E-state index contributed by atoms with van der Waals surface area (Å²) in [5.74, 6) is -1.78. The third-order valence-electron chi connectivity index (χ3n) is 3.28. The van der Waals surface area contributed by atoms with Crippen LogP contribution in [0.1, 0.15) is 23.2 Å². The summed E-state index contributed by atoms with van der Waals surface area (Å²) in [5.41, 5.74) is 0.383. The van der Waals surface area contributed by atoms with E-state index in [1.165, 1.54) is 4.90 Å². The van der Waals surface area contributed by atoms with Gasteiger partial charge in [-0.3, -0.25) is 4.79 Å². The first-order chi connectivity index (χ1) is 9.27. The molecule has 0 N–H and O–H groups in total. The van der Waals surface area contributed by atoms with Crippen LogP contribution in [0.2, 0.25) is 0 Å². The molecule has 1 aromatic carbocycles. The lowest BCUT2D eigenvalue weighted by atomic mass is 9.97. The van der Waals surface area contributed by atoms with Crippen LogP contribution in [0.3, 0.4) is 0 Å².